The molecular weight excluding hydrogens is 313 g/mol. The molecule has 2 nitrogen and oxygen atoms in total. The van der Waals surface area contributed by atoms with Crippen LogP contribution in [0.4, 0.5) is 0 Å². The Hall–Kier alpha value is 0.0700. The molecule has 2 atom stereocenters. The molecule has 0 bridgehead atoms. The molecule has 0 saturated heterocycles. The zero-order chi connectivity index (χ0) is 15.2. The topological polar surface area (TPSA) is 32.3 Å². The summed E-state index contributed by atoms with van der Waals surface area (Å²) >= 11 is 13.9. The van der Waals surface area contributed by atoms with Crippen LogP contribution in [-0.4, -0.2) is 29.0 Å². The van der Waals surface area contributed by atoms with Crippen LogP contribution in [0.15, 0.2) is 23.1 Å². The fraction of sp³-hybridized carbons (Fsp3) is 0.600. The first kappa shape index (κ1) is 18.1. The van der Waals surface area contributed by atoms with Gasteiger partial charge in [0, 0.05) is 20.7 Å². The zero-order valence-electron chi connectivity index (χ0n) is 12.2. The van der Waals surface area contributed by atoms with Gasteiger partial charge in [-0.2, -0.15) is 0 Å². The fourth-order valence-electron chi connectivity index (χ4n) is 2.08. The lowest BCUT2D eigenvalue weighted by Crippen LogP contribution is -2.47. The van der Waals surface area contributed by atoms with Crippen molar-refractivity contribution < 1.29 is 5.11 Å². The van der Waals surface area contributed by atoms with Gasteiger partial charge in [0.25, 0.3) is 0 Å². The molecule has 0 heterocycles. The molecule has 0 aliphatic carbocycles. The molecule has 1 rings (SSSR count). The van der Waals surface area contributed by atoms with Crippen molar-refractivity contribution in [2.75, 3.05) is 13.2 Å². The summed E-state index contributed by atoms with van der Waals surface area (Å²) in [5.74, 6) is 0. The first-order valence-corrected chi connectivity index (χ1v) is 8.51. The molecule has 0 fully saturated rings. The number of aliphatic hydroxyl groups excluding tert-OH is 1. The van der Waals surface area contributed by atoms with Gasteiger partial charge < -0.3 is 10.4 Å². The molecule has 0 aliphatic rings. The molecule has 0 spiro atoms. The van der Waals surface area contributed by atoms with Crippen molar-refractivity contribution in [3.8, 4) is 0 Å². The number of halogens is 2. The number of benzene rings is 1. The minimum absolute atomic E-state index is 0.126. The van der Waals surface area contributed by atoms with E-state index in [1.807, 2.05) is 12.1 Å². The molecule has 0 amide bonds. The normalized spacial score (nSPS) is 15.9. The maximum absolute atomic E-state index is 9.61. The van der Waals surface area contributed by atoms with Gasteiger partial charge in [-0.25, -0.2) is 0 Å². The minimum Gasteiger partial charge on any atom is -0.394 e. The summed E-state index contributed by atoms with van der Waals surface area (Å²) in [5.41, 5.74) is -0.256. The van der Waals surface area contributed by atoms with Crippen LogP contribution in [0.3, 0.4) is 0 Å². The molecule has 0 radical (unpaired) electrons. The van der Waals surface area contributed by atoms with Crippen LogP contribution < -0.4 is 5.32 Å². The summed E-state index contributed by atoms with van der Waals surface area (Å²) in [7, 11) is 0. The van der Waals surface area contributed by atoms with E-state index in [0.29, 0.717) is 10.3 Å². The van der Waals surface area contributed by atoms with E-state index in [-0.39, 0.29) is 12.1 Å². The summed E-state index contributed by atoms with van der Waals surface area (Å²) in [5, 5.41) is 14.8. The Balaban J connectivity index is 2.65. The molecule has 0 saturated carbocycles. The van der Waals surface area contributed by atoms with Crippen LogP contribution >= 0.6 is 35.0 Å². The van der Waals surface area contributed by atoms with Gasteiger partial charge in [0.05, 0.1) is 11.6 Å². The van der Waals surface area contributed by atoms with Crippen LogP contribution in [0.1, 0.15) is 33.6 Å². The van der Waals surface area contributed by atoms with E-state index >= 15 is 0 Å². The van der Waals surface area contributed by atoms with Gasteiger partial charge >= 0.3 is 0 Å². The van der Waals surface area contributed by atoms with E-state index in [2.05, 4.69) is 26.1 Å². The Labute approximate surface area is 136 Å². The number of aliphatic hydroxyl groups is 1. The van der Waals surface area contributed by atoms with Crippen molar-refractivity contribution in [2.45, 2.75) is 49.3 Å². The van der Waals surface area contributed by atoms with Gasteiger partial charge in [-0.05, 0) is 44.5 Å². The Morgan fingerprint density at radius 3 is 2.70 bits per heavy atom. The summed E-state index contributed by atoms with van der Waals surface area (Å²) in [6.45, 7) is 7.35. The molecule has 2 unspecified atom stereocenters. The predicted octanol–water partition coefficient (Wildman–Crippen LogP) is 4.61. The maximum Gasteiger partial charge on any atom is 0.0611 e. The Morgan fingerprint density at radius 1 is 1.40 bits per heavy atom. The van der Waals surface area contributed by atoms with E-state index in [1.165, 1.54) is 0 Å². The van der Waals surface area contributed by atoms with Gasteiger partial charge in [-0.1, -0.05) is 37.0 Å². The van der Waals surface area contributed by atoms with Crippen LogP contribution in [0.2, 0.25) is 10.0 Å². The molecule has 0 aromatic heterocycles. The molecule has 20 heavy (non-hydrogen) atoms. The van der Waals surface area contributed by atoms with Gasteiger partial charge in [-0.15, -0.1) is 11.8 Å². The zero-order valence-corrected chi connectivity index (χ0v) is 14.6. The average Bonchev–Trinajstić information content (AvgIpc) is 2.40. The van der Waals surface area contributed by atoms with E-state index in [9.17, 15) is 5.11 Å². The fourth-order valence-corrected chi connectivity index (χ4v) is 3.83. The monoisotopic (exact) mass is 335 g/mol. The summed E-state index contributed by atoms with van der Waals surface area (Å²) in [4.78, 5) is 0.988. The summed E-state index contributed by atoms with van der Waals surface area (Å²) in [6, 6.07) is 5.50. The smallest absolute Gasteiger partial charge is 0.0611 e. The largest absolute Gasteiger partial charge is 0.394 e. The molecule has 1 aromatic rings. The van der Waals surface area contributed by atoms with Crippen LogP contribution in [-0.2, 0) is 0 Å². The van der Waals surface area contributed by atoms with Crippen molar-refractivity contribution in [3.05, 3.63) is 28.2 Å². The highest BCUT2D eigenvalue weighted by atomic mass is 35.5. The first-order valence-electron chi connectivity index (χ1n) is 6.88. The number of hydrogen-bond donors (Lipinski definition) is 2. The third-order valence-corrected chi connectivity index (χ3v) is 4.95. The Bertz CT molecular complexity index is 430. The van der Waals surface area contributed by atoms with Crippen molar-refractivity contribution in [3.63, 3.8) is 0 Å². The molecule has 1 aromatic carbocycles. The minimum atomic E-state index is -0.256. The standard InChI is InChI=1S/C15H23Cl2NOS/c1-4-7-18-15(3,10-19)9-11(2)20-14-8-12(16)5-6-13(14)17/h5-6,8,11,18-19H,4,7,9-10H2,1-3H3. The Kier molecular flexibility index (Phi) is 7.70. The molecule has 2 N–H and O–H groups in total. The highest BCUT2D eigenvalue weighted by Gasteiger charge is 2.25. The second-order valence-corrected chi connectivity index (χ2v) is 7.68. The van der Waals surface area contributed by atoms with Crippen LogP contribution in [0.5, 0.6) is 0 Å². The average molecular weight is 336 g/mol. The SMILES string of the molecule is CCCNC(C)(CO)CC(C)Sc1cc(Cl)ccc1Cl. The molecule has 114 valence electrons. The lowest BCUT2D eigenvalue weighted by Gasteiger charge is -2.31. The second-order valence-electron chi connectivity index (χ2n) is 5.35. The lowest BCUT2D eigenvalue weighted by atomic mass is 9.97. The number of rotatable bonds is 8. The van der Waals surface area contributed by atoms with Crippen LogP contribution in [0, 0.1) is 0 Å². The quantitative estimate of drug-likeness (QED) is 0.680. The van der Waals surface area contributed by atoms with Gasteiger partial charge in [-0.3, -0.25) is 0 Å². The van der Waals surface area contributed by atoms with E-state index in [0.717, 1.165) is 29.3 Å². The van der Waals surface area contributed by atoms with E-state index in [4.69, 9.17) is 23.2 Å². The molecule has 5 heteroatoms. The lowest BCUT2D eigenvalue weighted by molar-refractivity contribution is 0.166. The van der Waals surface area contributed by atoms with Crippen LogP contribution in [0.25, 0.3) is 0 Å². The third kappa shape index (κ3) is 5.82. The summed E-state index contributed by atoms with van der Waals surface area (Å²) < 4.78 is 0. The van der Waals surface area contributed by atoms with E-state index < -0.39 is 0 Å². The highest BCUT2D eigenvalue weighted by Crippen LogP contribution is 2.35. The van der Waals surface area contributed by atoms with Crippen molar-refractivity contribution in [1.82, 2.24) is 5.32 Å². The van der Waals surface area contributed by atoms with Crippen molar-refractivity contribution >= 4 is 35.0 Å². The highest BCUT2D eigenvalue weighted by molar-refractivity contribution is 8.00. The van der Waals surface area contributed by atoms with Gasteiger partial charge in [0.1, 0.15) is 0 Å². The predicted molar refractivity (Wildman–Crippen MR) is 90.2 cm³/mol. The van der Waals surface area contributed by atoms with Crippen molar-refractivity contribution in [1.29, 1.82) is 0 Å². The Morgan fingerprint density at radius 2 is 2.10 bits per heavy atom. The number of nitrogens with one attached hydrogen (secondary N) is 1. The van der Waals surface area contributed by atoms with E-state index in [1.54, 1.807) is 17.8 Å². The molecular formula is C15H23Cl2NOS. The maximum atomic E-state index is 9.61. The second kappa shape index (κ2) is 8.50. The first-order chi connectivity index (χ1) is 9.40. The summed E-state index contributed by atoms with van der Waals surface area (Å²) in [6.07, 6.45) is 1.91. The van der Waals surface area contributed by atoms with Gasteiger partial charge in [0.2, 0.25) is 0 Å². The number of hydrogen-bond acceptors (Lipinski definition) is 3. The molecule has 0 aliphatic heterocycles. The number of thioether (sulfide) groups is 1. The van der Waals surface area contributed by atoms with Crippen molar-refractivity contribution in [2.24, 2.45) is 0 Å². The third-order valence-electron chi connectivity index (χ3n) is 3.11. The van der Waals surface area contributed by atoms with Gasteiger partial charge in [0.15, 0.2) is 0 Å².